The highest BCUT2D eigenvalue weighted by molar-refractivity contribution is 6.12. The van der Waals surface area contributed by atoms with E-state index in [1.54, 1.807) is 5.57 Å². The van der Waals surface area contributed by atoms with E-state index < -0.39 is 0 Å². The molecular formula is C63H42N2O. The van der Waals surface area contributed by atoms with Gasteiger partial charge < -0.3 is 13.6 Å². The second kappa shape index (κ2) is 14.1. The molecule has 3 heteroatoms. The number of hydrogen-bond donors (Lipinski definition) is 0. The van der Waals surface area contributed by atoms with Gasteiger partial charge in [0, 0.05) is 50.2 Å². The molecule has 11 aromatic rings. The third kappa shape index (κ3) is 5.27. The zero-order valence-electron chi connectivity index (χ0n) is 36.5. The first-order chi connectivity index (χ1) is 32.6. The Morgan fingerprint density at radius 3 is 2.15 bits per heavy atom. The second-order valence-corrected chi connectivity index (χ2v) is 18.2. The van der Waals surface area contributed by atoms with Crippen molar-refractivity contribution in [3.8, 4) is 46.0 Å². The summed E-state index contributed by atoms with van der Waals surface area (Å²) in [5.41, 5.74) is 24.9. The Hall–Kier alpha value is -8.32. The molecule has 0 saturated carbocycles. The molecule has 0 bridgehead atoms. The molecule has 0 amide bonds. The highest BCUT2D eigenvalue weighted by Crippen LogP contribution is 2.47. The molecule has 310 valence electrons. The van der Waals surface area contributed by atoms with Crippen LogP contribution >= 0.6 is 0 Å². The predicted octanol–water partition coefficient (Wildman–Crippen LogP) is 15.9. The third-order valence-electron chi connectivity index (χ3n) is 14.8. The number of furan rings is 1. The Morgan fingerprint density at radius 2 is 1.30 bits per heavy atom. The van der Waals surface area contributed by atoms with Crippen molar-refractivity contribution in [3.05, 3.63) is 227 Å². The van der Waals surface area contributed by atoms with E-state index in [0.717, 1.165) is 64.6 Å². The van der Waals surface area contributed by atoms with Crippen LogP contribution in [0.5, 0.6) is 0 Å². The summed E-state index contributed by atoms with van der Waals surface area (Å²) in [6.07, 6.45) is 16.7. The highest BCUT2D eigenvalue weighted by atomic mass is 16.3. The number of aryl methyl sites for hydroxylation is 1. The van der Waals surface area contributed by atoms with Gasteiger partial charge in [-0.25, -0.2) is 0 Å². The molecule has 0 N–H and O–H groups in total. The van der Waals surface area contributed by atoms with Crippen LogP contribution in [0, 0.1) is 19.3 Å². The lowest BCUT2D eigenvalue weighted by molar-refractivity contribution is 0.597. The van der Waals surface area contributed by atoms with E-state index in [1.165, 1.54) is 99.6 Å². The Labute approximate surface area is 382 Å². The normalized spacial score (nSPS) is 14.2. The van der Waals surface area contributed by atoms with Crippen molar-refractivity contribution in [3.63, 3.8) is 0 Å². The quantitative estimate of drug-likeness (QED) is 0.158. The van der Waals surface area contributed by atoms with Crippen molar-refractivity contribution < 1.29 is 4.42 Å². The molecule has 3 aliphatic rings. The van der Waals surface area contributed by atoms with E-state index in [1.807, 2.05) is 18.2 Å². The molecule has 0 aliphatic heterocycles. The number of nitrogens with zero attached hydrogens (tertiary/aromatic N) is 2. The van der Waals surface area contributed by atoms with Crippen molar-refractivity contribution >= 4 is 65.7 Å². The van der Waals surface area contributed by atoms with Crippen molar-refractivity contribution in [2.75, 3.05) is 0 Å². The van der Waals surface area contributed by atoms with Gasteiger partial charge in [0.1, 0.15) is 11.3 Å². The minimum absolute atomic E-state index is 0.810. The number of fused-ring (bicyclic) bond motifs is 12. The van der Waals surface area contributed by atoms with E-state index in [4.69, 9.17) is 10.8 Å². The lowest BCUT2D eigenvalue weighted by atomic mass is 9.93. The maximum absolute atomic E-state index is 6.47. The summed E-state index contributed by atoms with van der Waals surface area (Å²) >= 11 is 0. The molecule has 0 unspecified atom stereocenters. The van der Waals surface area contributed by atoms with Crippen LogP contribution in [-0.2, 0) is 12.8 Å². The summed E-state index contributed by atoms with van der Waals surface area (Å²) in [4.78, 5) is 0. The first-order valence-corrected chi connectivity index (χ1v) is 23.1. The summed E-state index contributed by atoms with van der Waals surface area (Å²) in [6.45, 7) is 2.11. The molecular weight excluding hydrogens is 801 g/mol. The van der Waals surface area contributed by atoms with E-state index in [0.29, 0.717) is 0 Å². The summed E-state index contributed by atoms with van der Waals surface area (Å²) in [7, 11) is 0. The first kappa shape index (κ1) is 37.1. The van der Waals surface area contributed by atoms with Gasteiger partial charge >= 0.3 is 0 Å². The highest BCUT2D eigenvalue weighted by Gasteiger charge is 2.27. The fourth-order valence-corrected chi connectivity index (χ4v) is 11.8. The third-order valence-corrected chi connectivity index (χ3v) is 14.8. The van der Waals surface area contributed by atoms with Gasteiger partial charge in [0.05, 0.1) is 27.8 Å². The van der Waals surface area contributed by atoms with E-state index in [-0.39, 0.29) is 0 Å². The standard InChI is InChI=1S/C63H42N2O/c1-3-14-47(63-38(2)44-16-8-11-26-62(44)66-63)41-29-32-61-56(35-41)51-19-7-10-24-58(51)65(61)59-25-13-22-49-52-37-43(30-27-42(52)36-54(49)59)64-57-23-9-6-18-50(57)55-34-40(28-31-60(55)64)46-20-12-21-48-45-17-5-4-15-39(45)33-53(46)48/h1,4,6-16,18-32,34-35,37H,5,17,33,36H2,2H3/b47-14-. The maximum Gasteiger partial charge on any atom is 0.139 e. The van der Waals surface area contributed by atoms with Crippen LogP contribution in [0.15, 0.2) is 192 Å². The number of para-hydroxylation sites is 3. The molecule has 3 aliphatic carbocycles. The van der Waals surface area contributed by atoms with Crippen molar-refractivity contribution in [1.82, 2.24) is 9.13 Å². The van der Waals surface area contributed by atoms with Crippen molar-refractivity contribution in [2.45, 2.75) is 32.6 Å². The van der Waals surface area contributed by atoms with Gasteiger partial charge in [-0.1, -0.05) is 121 Å². The lowest BCUT2D eigenvalue weighted by Gasteiger charge is -2.14. The molecule has 0 atom stereocenters. The monoisotopic (exact) mass is 842 g/mol. The van der Waals surface area contributed by atoms with Gasteiger partial charge in [-0.2, -0.15) is 0 Å². The minimum atomic E-state index is 0.810. The Morgan fingerprint density at radius 1 is 0.591 bits per heavy atom. The lowest BCUT2D eigenvalue weighted by Crippen LogP contribution is -1.99. The first-order valence-electron chi connectivity index (χ1n) is 23.1. The van der Waals surface area contributed by atoms with Gasteiger partial charge in [0.15, 0.2) is 0 Å². The molecule has 66 heavy (non-hydrogen) atoms. The number of allylic oxidation sites excluding steroid dienone is 5. The molecule has 0 fully saturated rings. The molecule has 0 radical (unpaired) electrons. The van der Waals surface area contributed by atoms with Crippen molar-refractivity contribution in [2.24, 2.45) is 0 Å². The second-order valence-electron chi connectivity index (χ2n) is 18.2. The van der Waals surface area contributed by atoms with Crippen LogP contribution in [0.2, 0.25) is 0 Å². The zero-order valence-corrected chi connectivity index (χ0v) is 36.5. The van der Waals surface area contributed by atoms with Crippen molar-refractivity contribution in [1.29, 1.82) is 0 Å². The van der Waals surface area contributed by atoms with Crippen LogP contribution < -0.4 is 0 Å². The zero-order chi connectivity index (χ0) is 43.6. The Bertz CT molecular complexity index is 4070. The molecule has 3 nitrogen and oxygen atoms in total. The Balaban J connectivity index is 0.879. The van der Waals surface area contributed by atoms with Gasteiger partial charge in [0.2, 0.25) is 0 Å². The van der Waals surface area contributed by atoms with Crippen LogP contribution in [0.3, 0.4) is 0 Å². The van der Waals surface area contributed by atoms with E-state index in [9.17, 15) is 0 Å². The number of aromatic nitrogens is 2. The average Bonchev–Trinajstić information content (AvgIpc) is 4.18. The SMILES string of the molecule is C#C/C=C(/c1ccc2c(c1)c1ccccc1n2-c1cccc2c1Cc1ccc(-n3c4ccccc4c4cc(-c5cccc6c5CC5=C6CCC=C5)ccc43)cc1-2)c1oc2ccccc2c1C. The average molecular weight is 843 g/mol. The molecule has 14 rings (SSSR count). The number of terminal acetylenes is 1. The van der Waals surface area contributed by atoms with Crippen LogP contribution in [-0.4, -0.2) is 9.13 Å². The topological polar surface area (TPSA) is 23.0 Å². The van der Waals surface area contributed by atoms with Crippen LogP contribution in [0.4, 0.5) is 0 Å². The largest absolute Gasteiger partial charge is 0.456 e. The summed E-state index contributed by atoms with van der Waals surface area (Å²) in [5.74, 6) is 3.62. The predicted molar refractivity (Wildman–Crippen MR) is 275 cm³/mol. The van der Waals surface area contributed by atoms with E-state index in [2.05, 4.69) is 186 Å². The molecule has 8 aromatic carbocycles. The number of benzene rings is 8. The van der Waals surface area contributed by atoms with Gasteiger partial charge in [0.25, 0.3) is 0 Å². The molecule has 0 saturated heterocycles. The molecule has 3 aromatic heterocycles. The van der Waals surface area contributed by atoms with Gasteiger partial charge in [-0.15, -0.1) is 6.42 Å². The van der Waals surface area contributed by atoms with E-state index >= 15 is 0 Å². The number of rotatable bonds is 5. The fraction of sp³-hybridized carbons (Fsp3) is 0.0794. The fourth-order valence-electron chi connectivity index (χ4n) is 11.8. The molecule has 0 spiro atoms. The maximum atomic E-state index is 6.47. The minimum Gasteiger partial charge on any atom is -0.456 e. The summed E-state index contributed by atoms with van der Waals surface area (Å²) in [6, 6.07) is 60.6. The smallest absolute Gasteiger partial charge is 0.139 e. The van der Waals surface area contributed by atoms with Gasteiger partial charge in [-0.05, 0) is 154 Å². The van der Waals surface area contributed by atoms with Gasteiger partial charge in [-0.3, -0.25) is 0 Å². The van der Waals surface area contributed by atoms with Crippen LogP contribution in [0.25, 0.3) is 99.4 Å². The van der Waals surface area contributed by atoms with Crippen LogP contribution in [0.1, 0.15) is 52.0 Å². The summed E-state index contributed by atoms with van der Waals surface area (Å²) < 4.78 is 11.4. The molecule has 3 heterocycles. The Kier molecular flexibility index (Phi) is 7.92. The number of hydrogen-bond acceptors (Lipinski definition) is 1. The summed E-state index contributed by atoms with van der Waals surface area (Å²) in [5, 5.41) is 6.03.